The van der Waals surface area contributed by atoms with Gasteiger partial charge in [-0.3, -0.25) is 9.48 Å². The highest BCUT2D eigenvalue weighted by atomic mass is 16.1. The zero-order valence-electron chi connectivity index (χ0n) is 9.07. The summed E-state index contributed by atoms with van der Waals surface area (Å²) in [5, 5.41) is 7.41. The van der Waals surface area contributed by atoms with Crippen molar-refractivity contribution >= 4 is 5.91 Å². The fourth-order valence-electron chi connectivity index (χ4n) is 1.40. The van der Waals surface area contributed by atoms with Gasteiger partial charge in [0.25, 0.3) is 0 Å². The molecule has 5 heteroatoms. The standard InChI is InChI=1S/C10H18N4O/c1-2-14-9(5-7-13-14)8-12-6-3-4-10(11)15/h5,7,12H,2-4,6,8H2,1H3,(H2,11,15). The third kappa shape index (κ3) is 4.12. The number of carbonyl (C=O) groups is 1. The molecule has 1 amide bonds. The van der Waals surface area contributed by atoms with Crippen LogP contribution >= 0.6 is 0 Å². The lowest BCUT2D eigenvalue weighted by atomic mass is 10.3. The van der Waals surface area contributed by atoms with Crippen molar-refractivity contribution in [1.82, 2.24) is 15.1 Å². The van der Waals surface area contributed by atoms with Crippen LogP contribution in [0.15, 0.2) is 12.3 Å². The van der Waals surface area contributed by atoms with E-state index in [0.717, 1.165) is 31.7 Å². The Morgan fingerprint density at radius 1 is 1.67 bits per heavy atom. The summed E-state index contributed by atoms with van der Waals surface area (Å²) in [6.45, 7) is 4.53. The zero-order chi connectivity index (χ0) is 11.1. The summed E-state index contributed by atoms with van der Waals surface area (Å²) in [7, 11) is 0. The summed E-state index contributed by atoms with van der Waals surface area (Å²) < 4.78 is 1.95. The molecule has 0 aliphatic heterocycles. The molecule has 0 spiro atoms. The Kier molecular flexibility index (Phi) is 4.83. The van der Waals surface area contributed by atoms with Crippen molar-refractivity contribution in [2.24, 2.45) is 5.73 Å². The van der Waals surface area contributed by atoms with Crippen molar-refractivity contribution in [2.75, 3.05) is 6.54 Å². The van der Waals surface area contributed by atoms with Gasteiger partial charge < -0.3 is 11.1 Å². The summed E-state index contributed by atoms with van der Waals surface area (Å²) in [4.78, 5) is 10.5. The largest absolute Gasteiger partial charge is 0.370 e. The summed E-state index contributed by atoms with van der Waals surface area (Å²) >= 11 is 0. The monoisotopic (exact) mass is 210 g/mol. The molecule has 3 N–H and O–H groups in total. The number of aromatic nitrogens is 2. The van der Waals surface area contributed by atoms with Crippen LogP contribution in [0.5, 0.6) is 0 Å². The maximum Gasteiger partial charge on any atom is 0.217 e. The van der Waals surface area contributed by atoms with Gasteiger partial charge in [-0.2, -0.15) is 5.10 Å². The lowest BCUT2D eigenvalue weighted by Crippen LogP contribution is -2.19. The average molecular weight is 210 g/mol. The molecule has 0 aliphatic rings. The molecule has 1 heterocycles. The van der Waals surface area contributed by atoms with Gasteiger partial charge >= 0.3 is 0 Å². The van der Waals surface area contributed by atoms with Crippen LogP contribution in [0.25, 0.3) is 0 Å². The summed E-state index contributed by atoms with van der Waals surface area (Å²) in [6.07, 6.45) is 3.03. The Morgan fingerprint density at radius 2 is 2.47 bits per heavy atom. The Bertz CT molecular complexity index is 308. The number of hydrogen-bond donors (Lipinski definition) is 2. The number of carbonyl (C=O) groups excluding carboxylic acids is 1. The van der Waals surface area contributed by atoms with Crippen molar-refractivity contribution in [1.29, 1.82) is 0 Å². The first kappa shape index (κ1) is 11.7. The zero-order valence-corrected chi connectivity index (χ0v) is 9.07. The van der Waals surface area contributed by atoms with E-state index in [4.69, 9.17) is 5.73 Å². The molecule has 5 nitrogen and oxygen atoms in total. The van der Waals surface area contributed by atoms with Gasteiger partial charge in [-0.15, -0.1) is 0 Å². The normalized spacial score (nSPS) is 10.5. The van der Waals surface area contributed by atoms with Crippen molar-refractivity contribution in [3.63, 3.8) is 0 Å². The molecular weight excluding hydrogens is 192 g/mol. The highest BCUT2D eigenvalue weighted by Gasteiger charge is 1.99. The van der Waals surface area contributed by atoms with Crippen LogP contribution in [-0.4, -0.2) is 22.2 Å². The maximum atomic E-state index is 10.5. The number of aryl methyl sites for hydroxylation is 1. The fourth-order valence-corrected chi connectivity index (χ4v) is 1.40. The molecule has 1 aromatic heterocycles. The number of rotatable bonds is 7. The van der Waals surface area contributed by atoms with Gasteiger partial charge in [0, 0.05) is 25.7 Å². The number of nitrogens with two attached hydrogens (primary N) is 1. The van der Waals surface area contributed by atoms with Crippen molar-refractivity contribution in [2.45, 2.75) is 32.9 Å². The Balaban J connectivity index is 2.17. The molecule has 0 bridgehead atoms. The van der Waals surface area contributed by atoms with Crippen LogP contribution in [0, 0.1) is 0 Å². The third-order valence-electron chi connectivity index (χ3n) is 2.19. The number of nitrogens with zero attached hydrogens (tertiary/aromatic N) is 2. The average Bonchev–Trinajstić information content (AvgIpc) is 2.64. The minimum atomic E-state index is -0.240. The van der Waals surface area contributed by atoms with Crippen LogP contribution in [-0.2, 0) is 17.9 Å². The van der Waals surface area contributed by atoms with Gasteiger partial charge in [-0.05, 0) is 26.0 Å². The lowest BCUT2D eigenvalue weighted by molar-refractivity contribution is -0.118. The molecule has 0 saturated carbocycles. The first-order valence-corrected chi connectivity index (χ1v) is 5.23. The van der Waals surface area contributed by atoms with Crippen LogP contribution in [0.2, 0.25) is 0 Å². The van der Waals surface area contributed by atoms with Gasteiger partial charge in [-0.25, -0.2) is 0 Å². The van der Waals surface area contributed by atoms with Gasteiger partial charge in [0.15, 0.2) is 0 Å². The molecule has 0 unspecified atom stereocenters. The molecule has 1 aromatic rings. The van der Waals surface area contributed by atoms with E-state index < -0.39 is 0 Å². The number of nitrogens with one attached hydrogen (secondary N) is 1. The predicted molar refractivity (Wildman–Crippen MR) is 58.0 cm³/mol. The van der Waals surface area contributed by atoms with Crippen molar-refractivity contribution in [3.8, 4) is 0 Å². The molecule has 0 fully saturated rings. The van der Waals surface area contributed by atoms with E-state index in [1.807, 2.05) is 10.7 Å². The summed E-state index contributed by atoms with van der Waals surface area (Å²) in [5.41, 5.74) is 6.20. The number of hydrogen-bond acceptors (Lipinski definition) is 3. The Morgan fingerprint density at radius 3 is 3.13 bits per heavy atom. The van der Waals surface area contributed by atoms with Crippen LogP contribution in [0.3, 0.4) is 0 Å². The van der Waals surface area contributed by atoms with E-state index in [1.165, 1.54) is 0 Å². The quantitative estimate of drug-likeness (QED) is 0.634. The SMILES string of the molecule is CCn1nccc1CNCCCC(N)=O. The van der Waals surface area contributed by atoms with Crippen LogP contribution < -0.4 is 11.1 Å². The van der Waals surface area contributed by atoms with Gasteiger partial charge in [-0.1, -0.05) is 0 Å². The van der Waals surface area contributed by atoms with E-state index >= 15 is 0 Å². The molecule has 0 aromatic carbocycles. The fraction of sp³-hybridized carbons (Fsp3) is 0.600. The Labute approximate surface area is 89.6 Å². The smallest absolute Gasteiger partial charge is 0.217 e. The first-order chi connectivity index (χ1) is 7.24. The molecule has 84 valence electrons. The van der Waals surface area contributed by atoms with E-state index in [1.54, 1.807) is 6.20 Å². The van der Waals surface area contributed by atoms with Gasteiger partial charge in [0.05, 0.1) is 5.69 Å². The second kappa shape index (κ2) is 6.19. The van der Waals surface area contributed by atoms with E-state index in [0.29, 0.717) is 6.42 Å². The first-order valence-electron chi connectivity index (χ1n) is 5.23. The minimum Gasteiger partial charge on any atom is -0.370 e. The van der Waals surface area contributed by atoms with Crippen molar-refractivity contribution in [3.05, 3.63) is 18.0 Å². The molecule has 0 radical (unpaired) electrons. The number of amides is 1. The van der Waals surface area contributed by atoms with E-state index in [2.05, 4.69) is 17.3 Å². The lowest BCUT2D eigenvalue weighted by Gasteiger charge is -2.05. The van der Waals surface area contributed by atoms with Crippen LogP contribution in [0.1, 0.15) is 25.5 Å². The topological polar surface area (TPSA) is 72.9 Å². The van der Waals surface area contributed by atoms with Gasteiger partial charge in [0.2, 0.25) is 5.91 Å². The summed E-state index contributed by atoms with van der Waals surface area (Å²) in [5.74, 6) is -0.240. The molecule has 15 heavy (non-hydrogen) atoms. The highest BCUT2D eigenvalue weighted by Crippen LogP contribution is 1.97. The molecule has 0 saturated heterocycles. The highest BCUT2D eigenvalue weighted by molar-refractivity contribution is 5.73. The predicted octanol–water partition coefficient (Wildman–Crippen LogP) is 0.258. The second-order valence-electron chi connectivity index (χ2n) is 3.38. The molecule has 0 aliphatic carbocycles. The van der Waals surface area contributed by atoms with E-state index in [-0.39, 0.29) is 5.91 Å². The number of primary amides is 1. The molecule has 0 atom stereocenters. The minimum absolute atomic E-state index is 0.240. The summed E-state index contributed by atoms with van der Waals surface area (Å²) in [6, 6.07) is 1.99. The molecular formula is C10H18N4O. The van der Waals surface area contributed by atoms with Crippen LogP contribution in [0.4, 0.5) is 0 Å². The van der Waals surface area contributed by atoms with Crippen molar-refractivity contribution < 1.29 is 4.79 Å². The van der Waals surface area contributed by atoms with E-state index in [9.17, 15) is 4.79 Å². The Hall–Kier alpha value is -1.36. The second-order valence-corrected chi connectivity index (χ2v) is 3.38. The maximum absolute atomic E-state index is 10.5. The third-order valence-corrected chi connectivity index (χ3v) is 2.19. The van der Waals surface area contributed by atoms with Gasteiger partial charge in [0.1, 0.15) is 0 Å². The molecule has 1 rings (SSSR count).